The van der Waals surface area contributed by atoms with Gasteiger partial charge < -0.3 is 10.4 Å². The number of hydrogen-bond donors (Lipinski definition) is 2. The van der Waals surface area contributed by atoms with Crippen LogP contribution in [0.3, 0.4) is 0 Å². The molecule has 0 aliphatic carbocycles. The number of amides is 1. The molecule has 1 amide bonds. The number of rotatable bonds is 2. The zero-order chi connectivity index (χ0) is 6.57. The van der Waals surface area contributed by atoms with Gasteiger partial charge in [0.05, 0.1) is 6.67 Å². The van der Waals surface area contributed by atoms with E-state index >= 15 is 0 Å². The molecule has 0 aromatic heterocycles. The van der Waals surface area contributed by atoms with Crippen LogP contribution in [0.25, 0.3) is 0 Å². The molecule has 0 fully saturated rings. The molecule has 0 aliphatic rings. The Balaban J connectivity index is 3.05. The van der Waals surface area contributed by atoms with Crippen LogP contribution in [0.1, 0.15) is 0 Å². The van der Waals surface area contributed by atoms with Crippen molar-refractivity contribution in [1.29, 1.82) is 0 Å². The lowest BCUT2D eigenvalue weighted by molar-refractivity contribution is 0.188. The molecule has 8 heavy (non-hydrogen) atoms. The Hall–Kier alpha value is -0.770. The summed E-state index contributed by atoms with van der Waals surface area (Å²) in [5.74, 6) is 0. The van der Waals surface area contributed by atoms with Crippen molar-refractivity contribution in [3.63, 3.8) is 0 Å². The normalized spacial score (nSPS) is 9.38. The highest BCUT2D eigenvalue weighted by molar-refractivity contribution is 5.64. The van der Waals surface area contributed by atoms with Crippen molar-refractivity contribution in [2.24, 2.45) is 0 Å². The van der Waals surface area contributed by atoms with Gasteiger partial charge in [-0.15, -0.1) is 0 Å². The van der Waals surface area contributed by atoms with Crippen LogP contribution >= 0.6 is 0 Å². The van der Waals surface area contributed by atoms with E-state index in [9.17, 15) is 4.79 Å². The molecule has 0 unspecified atom stereocenters. The van der Waals surface area contributed by atoms with Crippen LogP contribution in [-0.4, -0.2) is 36.9 Å². The predicted octanol–water partition coefficient (Wildman–Crippen LogP) is -0.227. The smallest absolute Gasteiger partial charge is 0.405 e. The van der Waals surface area contributed by atoms with Gasteiger partial charge in [-0.05, 0) is 14.1 Å². The molecule has 0 saturated heterocycles. The lowest BCUT2D eigenvalue weighted by Crippen LogP contribution is -2.31. The minimum atomic E-state index is -0.987. The second-order valence-electron chi connectivity index (χ2n) is 1.72. The van der Waals surface area contributed by atoms with E-state index in [1.54, 1.807) is 19.0 Å². The van der Waals surface area contributed by atoms with Crippen LogP contribution in [0.5, 0.6) is 0 Å². The van der Waals surface area contributed by atoms with Gasteiger partial charge in [-0.1, -0.05) is 0 Å². The van der Waals surface area contributed by atoms with E-state index in [0.717, 1.165) is 0 Å². The molecule has 0 aromatic carbocycles. The SMILES string of the molecule is CN(C)CNC(=O)O. The van der Waals surface area contributed by atoms with Crippen molar-refractivity contribution < 1.29 is 9.90 Å². The first-order chi connectivity index (χ1) is 3.63. The molecular formula is C4H10N2O2. The number of carbonyl (C=O) groups is 1. The fourth-order valence-electron chi connectivity index (χ4n) is 0.226. The molecule has 0 aliphatic heterocycles. The molecule has 4 nitrogen and oxygen atoms in total. The molecular weight excluding hydrogens is 108 g/mol. The molecule has 0 spiro atoms. The van der Waals surface area contributed by atoms with Gasteiger partial charge in [-0.25, -0.2) is 4.79 Å². The fraction of sp³-hybridized carbons (Fsp3) is 0.750. The maximum Gasteiger partial charge on any atom is 0.405 e. The van der Waals surface area contributed by atoms with Crippen LogP contribution in [0.2, 0.25) is 0 Å². The van der Waals surface area contributed by atoms with Crippen LogP contribution in [0, 0.1) is 0 Å². The summed E-state index contributed by atoms with van der Waals surface area (Å²) in [6.45, 7) is 0.370. The molecule has 0 radical (unpaired) electrons. The summed E-state index contributed by atoms with van der Waals surface area (Å²) >= 11 is 0. The van der Waals surface area contributed by atoms with Gasteiger partial charge in [0, 0.05) is 0 Å². The average molecular weight is 118 g/mol. The topological polar surface area (TPSA) is 52.6 Å². The minimum absolute atomic E-state index is 0.370. The molecule has 0 heterocycles. The second kappa shape index (κ2) is 3.26. The van der Waals surface area contributed by atoms with E-state index in [-0.39, 0.29) is 0 Å². The molecule has 0 rings (SSSR count). The number of carboxylic acid groups (broad SMARTS) is 1. The molecule has 4 heteroatoms. The highest BCUT2D eigenvalue weighted by Crippen LogP contribution is 1.66. The Morgan fingerprint density at radius 3 is 2.38 bits per heavy atom. The summed E-state index contributed by atoms with van der Waals surface area (Å²) in [5.41, 5.74) is 0. The zero-order valence-electron chi connectivity index (χ0n) is 5.01. The molecule has 0 atom stereocenters. The summed E-state index contributed by atoms with van der Waals surface area (Å²) in [7, 11) is 3.58. The van der Waals surface area contributed by atoms with E-state index in [1.807, 2.05) is 0 Å². The van der Waals surface area contributed by atoms with E-state index in [4.69, 9.17) is 5.11 Å². The van der Waals surface area contributed by atoms with E-state index in [1.165, 1.54) is 0 Å². The zero-order valence-corrected chi connectivity index (χ0v) is 5.01. The Kier molecular flexibility index (Phi) is 2.95. The van der Waals surface area contributed by atoms with Gasteiger partial charge >= 0.3 is 6.09 Å². The third-order valence-electron chi connectivity index (χ3n) is 0.547. The van der Waals surface area contributed by atoms with Gasteiger partial charge in [-0.2, -0.15) is 0 Å². The number of hydrogen-bond acceptors (Lipinski definition) is 2. The first kappa shape index (κ1) is 7.23. The maximum atomic E-state index is 9.77. The molecule has 2 N–H and O–H groups in total. The Morgan fingerprint density at radius 2 is 2.25 bits per heavy atom. The Labute approximate surface area is 48.1 Å². The summed E-state index contributed by atoms with van der Waals surface area (Å²) in [5, 5.41) is 10.2. The van der Waals surface area contributed by atoms with Crippen molar-refractivity contribution in [2.75, 3.05) is 20.8 Å². The van der Waals surface area contributed by atoms with E-state index < -0.39 is 6.09 Å². The van der Waals surface area contributed by atoms with Gasteiger partial charge in [0.2, 0.25) is 0 Å². The maximum absolute atomic E-state index is 9.77. The van der Waals surface area contributed by atoms with Crippen LogP contribution in [-0.2, 0) is 0 Å². The first-order valence-corrected chi connectivity index (χ1v) is 2.24. The third kappa shape index (κ3) is 5.23. The van der Waals surface area contributed by atoms with Crippen LogP contribution in [0.4, 0.5) is 4.79 Å². The molecule has 0 saturated carbocycles. The van der Waals surface area contributed by atoms with Gasteiger partial charge in [0.25, 0.3) is 0 Å². The molecule has 0 aromatic rings. The van der Waals surface area contributed by atoms with E-state index in [0.29, 0.717) is 6.67 Å². The number of nitrogens with one attached hydrogen (secondary N) is 1. The molecule has 0 bridgehead atoms. The highest BCUT2D eigenvalue weighted by Gasteiger charge is 1.91. The summed E-state index contributed by atoms with van der Waals surface area (Å²) < 4.78 is 0. The standard InChI is InChI=1S/C4H10N2O2/c1-6(2)3-5-4(7)8/h5H,3H2,1-2H3,(H,7,8). The van der Waals surface area contributed by atoms with Gasteiger partial charge in [-0.3, -0.25) is 4.90 Å². The second-order valence-corrected chi connectivity index (χ2v) is 1.72. The fourth-order valence-corrected chi connectivity index (χ4v) is 0.226. The largest absolute Gasteiger partial charge is 0.465 e. The van der Waals surface area contributed by atoms with Gasteiger partial charge in [0.15, 0.2) is 0 Å². The van der Waals surface area contributed by atoms with Crippen molar-refractivity contribution in [1.82, 2.24) is 10.2 Å². The predicted molar refractivity (Wildman–Crippen MR) is 29.7 cm³/mol. The quantitative estimate of drug-likeness (QED) is 0.492. The summed E-state index contributed by atoms with van der Waals surface area (Å²) in [6.07, 6.45) is -0.987. The van der Waals surface area contributed by atoms with Crippen molar-refractivity contribution in [3.05, 3.63) is 0 Å². The lowest BCUT2D eigenvalue weighted by Gasteiger charge is -2.07. The van der Waals surface area contributed by atoms with Crippen molar-refractivity contribution in [2.45, 2.75) is 0 Å². The Morgan fingerprint density at radius 1 is 1.75 bits per heavy atom. The van der Waals surface area contributed by atoms with Gasteiger partial charge in [0.1, 0.15) is 0 Å². The lowest BCUT2D eigenvalue weighted by atomic mass is 10.8. The average Bonchev–Trinajstić information content (AvgIpc) is 1.61. The first-order valence-electron chi connectivity index (χ1n) is 2.24. The van der Waals surface area contributed by atoms with Crippen molar-refractivity contribution >= 4 is 6.09 Å². The highest BCUT2D eigenvalue weighted by atomic mass is 16.4. The number of nitrogens with zero attached hydrogens (tertiary/aromatic N) is 1. The van der Waals surface area contributed by atoms with Crippen LogP contribution < -0.4 is 5.32 Å². The monoisotopic (exact) mass is 118 g/mol. The minimum Gasteiger partial charge on any atom is -0.465 e. The summed E-state index contributed by atoms with van der Waals surface area (Å²) in [4.78, 5) is 11.5. The van der Waals surface area contributed by atoms with Crippen molar-refractivity contribution in [3.8, 4) is 0 Å². The third-order valence-corrected chi connectivity index (χ3v) is 0.547. The Bertz CT molecular complexity index is 82.1. The van der Waals surface area contributed by atoms with E-state index in [2.05, 4.69) is 5.32 Å². The summed E-state index contributed by atoms with van der Waals surface area (Å²) in [6, 6.07) is 0. The van der Waals surface area contributed by atoms with Crippen LogP contribution in [0.15, 0.2) is 0 Å². The molecule has 48 valence electrons.